The van der Waals surface area contributed by atoms with E-state index in [-0.39, 0.29) is 5.66 Å². The van der Waals surface area contributed by atoms with Crippen LogP contribution in [0, 0.1) is 0 Å². The van der Waals surface area contributed by atoms with Crippen molar-refractivity contribution in [1.82, 2.24) is 0 Å². The van der Waals surface area contributed by atoms with Gasteiger partial charge in [-0.3, -0.25) is 0 Å². The van der Waals surface area contributed by atoms with Crippen LogP contribution in [0.5, 0.6) is 0 Å². The Morgan fingerprint density at radius 2 is 1.19 bits per heavy atom. The van der Waals surface area contributed by atoms with Gasteiger partial charge in [-0.25, -0.2) is 0 Å². The molecule has 0 aliphatic carbocycles. The number of hydrogen-bond acceptors (Lipinski definition) is 1. The summed E-state index contributed by atoms with van der Waals surface area (Å²) in [5, 5.41) is 0. The number of anilines is 3. The highest BCUT2D eigenvalue weighted by molar-refractivity contribution is 5.98. The van der Waals surface area contributed by atoms with Gasteiger partial charge in [0, 0.05) is 5.69 Å². The zero-order valence-electron chi connectivity index (χ0n) is 14.8. The van der Waals surface area contributed by atoms with Crippen LogP contribution in [0.1, 0.15) is 22.3 Å². The van der Waals surface area contributed by atoms with Crippen molar-refractivity contribution >= 4 is 29.5 Å². The standard InChI is InChI=1S/C23H19N3/c1-24-14-16-8-6-12-19-21(16)23(24)22-17(15-25(23)2)9-7-13-20(22)26(19)18-10-4-3-5-11-18/h3-15H,1-2H3/q+2. The molecule has 0 radical (unpaired) electrons. The summed E-state index contributed by atoms with van der Waals surface area (Å²) in [6, 6.07) is 24.0. The van der Waals surface area contributed by atoms with Crippen LogP contribution in [-0.2, 0) is 5.66 Å². The van der Waals surface area contributed by atoms with Gasteiger partial charge >= 0.3 is 5.66 Å². The number of rotatable bonds is 1. The third-order valence-electron chi connectivity index (χ3n) is 6.03. The molecule has 3 aliphatic rings. The maximum atomic E-state index is 2.41. The zero-order chi connectivity index (χ0) is 17.5. The van der Waals surface area contributed by atoms with E-state index in [4.69, 9.17) is 0 Å². The second-order valence-corrected chi connectivity index (χ2v) is 7.31. The highest BCUT2D eigenvalue weighted by Gasteiger charge is 2.66. The average molecular weight is 337 g/mol. The SMILES string of the molecule is C[N+]1=Cc2cccc3c2C12c1c(cccc1N3c1ccccc1)C=[N+]2C. The predicted octanol–water partition coefficient (Wildman–Crippen LogP) is 3.82. The maximum Gasteiger partial charge on any atom is 0.410 e. The summed E-state index contributed by atoms with van der Waals surface area (Å²) in [5.74, 6) is 0. The van der Waals surface area contributed by atoms with E-state index in [2.05, 4.69) is 107 Å². The lowest BCUT2D eigenvalue weighted by Crippen LogP contribution is -2.46. The molecular formula is C23H19N3+2. The highest BCUT2D eigenvalue weighted by atomic mass is 15.3. The van der Waals surface area contributed by atoms with Gasteiger partial charge < -0.3 is 4.90 Å². The first kappa shape index (κ1) is 14.0. The molecule has 26 heavy (non-hydrogen) atoms. The minimum absolute atomic E-state index is 0.247. The van der Waals surface area contributed by atoms with E-state index in [1.807, 2.05) is 0 Å². The smallest absolute Gasteiger partial charge is 0.309 e. The van der Waals surface area contributed by atoms with Crippen LogP contribution in [-0.4, -0.2) is 35.7 Å². The second-order valence-electron chi connectivity index (χ2n) is 7.31. The molecule has 0 saturated carbocycles. The van der Waals surface area contributed by atoms with Crippen molar-refractivity contribution in [2.45, 2.75) is 5.66 Å². The predicted molar refractivity (Wildman–Crippen MR) is 105 cm³/mol. The first-order valence-corrected chi connectivity index (χ1v) is 9.00. The molecule has 0 saturated heterocycles. The normalized spacial score (nSPS) is 17.5. The van der Waals surface area contributed by atoms with E-state index in [0.29, 0.717) is 0 Å². The number of hydrogen-bond donors (Lipinski definition) is 0. The molecule has 0 N–H and O–H groups in total. The van der Waals surface area contributed by atoms with Gasteiger partial charge in [0.25, 0.3) is 0 Å². The Morgan fingerprint density at radius 1 is 0.654 bits per heavy atom. The quantitative estimate of drug-likeness (QED) is 0.614. The van der Waals surface area contributed by atoms with Gasteiger partial charge in [-0.2, -0.15) is 9.15 Å². The van der Waals surface area contributed by atoms with Crippen LogP contribution in [0.3, 0.4) is 0 Å². The number of nitrogens with zero attached hydrogens (tertiary/aromatic N) is 3. The average Bonchev–Trinajstić information content (AvgIpc) is 3.14. The fraction of sp³-hybridized carbons (Fsp3) is 0.130. The molecule has 0 aromatic heterocycles. The molecule has 3 aliphatic heterocycles. The lowest BCUT2D eigenvalue weighted by Gasteiger charge is -2.36. The molecular weight excluding hydrogens is 318 g/mol. The number of benzene rings is 3. The lowest BCUT2D eigenvalue weighted by atomic mass is 9.83. The van der Waals surface area contributed by atoms with E-state index in [1.54, 1.807) is 0 Å². The zero-order valence-corrected chi connectivity index (χ0v) is 14.8. The first-order valence-electron chi connectivity index (χ1n) is 9.00. The Labute approximate surface area is 152 Å². The molecule has 124 valence electrons. The van der Waals surface area contributed by atoms with Crippen LogP contribution in [0.15, 0.2) is 66.7 Å². The minimum Gasteiger partial charge on any atom is -0.309 e. The molecule has 3 aromatic carbocycles. The second kappa shape index (κ2) is 4.50. The van der Waals surface area contributed by atoms with Gasteiger partial charge in [0.2, 0.25) is 0 Å². The minimum atomic E-state index is -0.247. The van der Waals surface area contributed by atoms with Crippen molar-refractivity contribution in [3.63, 3.8) is 0 Å². The van der Waals surface area contributed by atoms with Crippen molar-refractivity contribution < 1.29 is 9.15 Å². The molecule has 0 fully saturated rings. The molecule has 0 amide bonds. The van der Waals surface area contributed by atoms with Gasteiger partial charge in [0.15, 0.2) is 12.4 Å². The Bertz CT molecular complexity index is 1080. The van der Waals surface area contributed by atoms with Gasteiger partial charge in [0.05, 0.1) is 22.5 Å². The van der Waals surface area contributed by atoms with Crippen LogP contribution >= 0.6 is 0 Å². The Hall–Kier alpha value is -3.20. The Balaban J connectivity index is 1.80. The van der Waals surface area contributed by atoms with E-state index in [1.165, 1.54) is 39.3 Å². The third-order valence-corrected chi connectivity index (χ3v) is 6.03. The van der Waals surface area contributed by atoms with Crippen molar-refractivity contribution in [2.24, 2.45) is 0 Å². The molecule has 3 aromatic rings. The summed E-state index contributed by atoms with van der Waals surface area (Å²) in [4.78, 5) is 2.41. The summed E-state index contributed by atoms with van der Waals surface area (Å²) in [7, 11) is 4.39. The monoisotopic (exact) mass is 337 g/mol. The molecule has 6 rings (SSSR count). The van der Waals surface area contributed by atoms with Crippen LogP contribution in [0.2, 0.25) is 0 Å². The summed E-state index contributed by atoms with van der Waals surface area (Å²) in [6.07, 6.45) is 4.56. The van der Waals surface area contributed by atoms with Crippen molar-refractivity contribution in [3.8, 4) is 0 Å². The molecule has 1 spiro atoms. The molecule has 3 nitrogen and oxygen atoms in total. The molecule has 3 heteroatoms. The topological polar surface area (TPSA) is 9.26 Å². The molecule has 3 heterocycles. The Kier molecular flexibility index (Phi) is 2.42. The van der Waals surface area contributed by atoms with Gasteiger partial charge in [-0.05, 0) is 36.4 Å². The van der Waals surface area contributed by atoms with Crippen molar-refractivity contribution in [2.75, 3.05) is 19.0 Å². The van der Waals surface area contributed by atoms with Crippen LogP contribution < -0.4 is 4.90 Å². The van der Waals surface area contributed by atoms with Gasteiger partial charge in [0.1, 0.15) is 25.2 Å². The van der Waals surface area contributed by atoms with E-state index < -0.39 is 0 Å². The summed E-state index contributed by atoms with van der Waals surface area (Å²) in [5.41, 5.74) is 8.84. The first-order chi connectivity index (χ1) is 12.7. The summed E-state index contributed by atoms with van der Waals surface area (Å²) < 4.78 is 4.74. The fourth-order valence-corrected chi connectivity index (χ4v) is 5.13. The number of para-hydroxylation sites is 1. The van der Waals surface area contributed by atoms with E-state index in [0.717, 1.165) is 0 Å². The summed E-state index contributed by atoms with van der Waals surface area (Å²) >= 11 is 0. The molecule has 0 unspecified atom stereocenters. The summed E-state index contributed by atoms with van der Waals surface area (Å²) in [6.45, 7) is 0. The van der Waals surface area contributed by atoms with Crippen LogP contribution in [0.4, 0.5) is 17.1 Å². The lowest BCUT2D eigenvalue weighted by molar-refractivity contribution is -0.798. The largest absolute Gasteiger partial charge is 0.410 e. The van der Waals surface area contributed by atoms with Gasteiger partial charge in [-0.15, -0.1) is 0 Å². The maximum absolute atomic E-state index is 2.41. The molecule has 0 atom stereocenters. The third kappa shape index (κ3) is 1.38. The Morgan fingerprint density at radius 3 is 1.73 bits per heavy atom. The van der Waals surface area contributed by atoms with Crippen molar-refractivity contribution in [3.05, 3.63) is 89.0 Å². The highest BCUT2D eigenvalue weighted by Crippen LogP contribution is 2.56. The molecule has 0 bridgehead atoms. The van der Waals surface area contributed by atoms with Gasteiger partial charge in [-0.1, -0.05) is 30.3 Å². The van der Waals surface area contributed by atoms with E-state index in [9.17, 15) is 0 Å². The van der Waals surface area contributed by atoms with Crippen LogP contribution in [0.25, 0.3) is 0 Å². The van der Waals surface area contributed by atoms with E-state index >= 15 is 0 Å². The van der Waals surface area contributed by atoms with Crippen molar-refractivity contribution in [1.29, 1.82) is 0 Å². The fourth-order valence-electron chi connectivity index (χ4n) is 5.13.